The summed E-state index contributed by atoms with van der Waals surface area (Å²) in [6.07, 6.45) is 3.61. The van der Waals surface area contributed by atoms with E-state index in [2.05, 4.69) is 45.1 Å². The molecule has 1 aromatic rings. The zero-order chi connectivity index (χ0) is 23.7. The quantitative estimate of drug-likeness (QED) is 0.748. The summed E-state index contributed by atoms with van der Waals surface area (Å²) in [5.41, 5.74) is 11.7. The molecular weight excluding hydrogens is 402 g/mol. The van der Waals surface area contributed by atoms with Gasteiger partial charge in [-0.1, -0.05) is 39.0 Å². The Balaban J connectivity index is 2.16. The SMILES string of the molecule is CC(C)(C)[C@@H]1CC=C2C(C#N)=C(N)C(C#N)(C#N)[C@H](c3ccc(OCC(N)=O)cc3)[C@H]2C1. The maximum Gasteiger partial charge on any atom is 0.255 e. The lowest BCUT2D eigenvalue weighted by Crippen LogP contribution is -2.44. The first kappa shape index (κ1) is 22.9. The van der Waals surface area contributed by atoms with Crippen LogP contribution in [-0.4, -0.2) is 12.5 Å². The molecule has 0 aromatic heterocycles. The van der Waals surface area contributed by atoms with Crippen LogP contribution in [0.1, 0.15) is 45.1 Å². The molecule has 0 bridgehead atoms. The maximum absolute atomic E-state index is 11.0. The van der Waals surface area contributed by atoms with Gasteiger partial charge in [-0.15, -0.1) is 0 Å². The van der Waals surface area contributed by atoms with Gasteiger partial charge in [-0.25, -0.2) is 0 Å². The Morgan fingerprint density at radius 2 is 1.81 bits per heavy atom. The second kappa shape index (κ2) is 8.40. The number of amides is 1. The van der Waals surface area contributed by atoms with Crippen LogP contribution >= 0.6 is 0 Å². The summed E-state index contributed by atoms with van der Waals surface area (Å²) in [5.74, 6) is -0.549. The molecule has 3 rings (SSSR count). The second-order valence-corrected chi connectivity index (χ2v) is 9.53. The second-order valence-electron chi connectivity index (χ2n) is 9.53. The van der Waals surface area contributed by atoms with E-state index in [0.29, 0.717) is 11.7 Å². The van der Waals surface area contributed by atoms with E-state index in [1.807, 2.05) is 0 Å². The van der Waals surface area contributed by atoms with E-state index in [9.17, 15) is 20.6 Å². The first-order chi connectivity index (χ1) is 15.1. The number of hydrogen-bond donors (Lipinski definition) is 2. The molecular formula is C25H27N5O2. The van der Waals surface area contributed by atoms with Crippen molar-refractivity contribution in [3.05, 3.63) is 52.7 Å². The predicted molar refractivity (Wildman–Crippen MR) is 118 cm³/mol. The predicted octanol–water partition coefficient (Wildman–Crippen LogP) is 3.42. The third-order valence-corrected chi connectivity index (χ3v) is 6.72. The van der Waals surface area contributed by atoms with Crippen molar-refractivity contribution in [2.24, 2.45) is 34.1 Å². The minimum absolute atomic E-state index is 0.0146. The van der Waals surface area contributed by atoms with Gasteiger partial charge in [0.1, 0.15) is 11.8 Å². The highest BCUT2D eigenvalue weighted by Crippen LogP contribution is 2.57. The van der Waals surface area contributed by atoms with Gasteiger partial charge >= 0.3 is 0 Å². The Morgan fingerprint density at radius 1 is 1.19 bits per heavy atom. The summed E-state index contributed by atoms with van der Waals surface area (Å²) in [6.45, 7) is 6.29. The number of fused-ring (bicyclic) bond motifs is 1. The molecule has 164 valence electrons. The minimum atomic E-state index is -1.66. The fourth-order valence-electron chi connectivity index (χ4n) is 4.90. The summed E-state index contributed by atoms with van der Waals surface area (Å²) in [5, 5.41) is 30.2. The highest BCUT2D eigenvalue weighted by Gasteiger charge is 2.55. The van der Waals surface area contributed by atoms with Gasteiger partial charge in [0.15, 0.2) is 12.0 Å². The van der Waals surface area contributed by atoms with Crippen LogP contribution in [0.2, 0.25) is 0 Å². The normalized spacial score (nSPS) is 24.2. The zero-order valence-electron chi connectivity index (χ0n) is 18.6. The molecule has 32 heavy (non-hydrogen) atoms. The summed E-state index contributed by atoms with van der Waals surface area (Å²) in [7, 11) is 0. The van der Waals surface area contributed by atoms with Crippen LogP contribution in [0.3, 0.4) is 0 Å². The number of allylic oxidation sites excluding steroid dienone is 4. The summed E-state index contributed by atoms with van der Waals surface area (Å²) < 4.78 is 5.35. The molecule has 0 spiro atoms. The molecule has 0 heterocycles. The van der Waals surface area contributed by atoms with Crippen LogP contribution in [0.4, 0.5) is 0 Å². The van der Waals surface area contributed by atoms with E-state index in [0.717, 1.165) is 24.0 Å². The standard InChI is InChI=1S/C25H27N5O2/c1-24(2,3)16-6-9-18-19(10-16)22(25(13-27,14-28)23(30)20(18)11-26)15-4-7-17(8-5-15)32-12-21(29)31/h4-5,7-9,16,19,22H,6,10,12,30H2,1-3H3,(H2,29,31)/t16-,19+,22-/m1/s1. The van der Waals surface area contributed by atoms with Crippen molar-refractivity contribution in [2.75, 3.05) is 6.61 Å². The van der Waals surface area contributed by atoms with E-state index in [-0.39, 0.29) is 29.2 Å². The molecule has 3 atom stereocenters. The van der Waals surface area contributed by atoms with E-state index in [4.69, 9.17) is 16.2 Å². The van der Waals surface area contributed by atoms with Crippen LogP contribution in [0.25, 0.3) is 0 Å². The van der Waals surface area contributed by atoms with Gasteiger partial charge in [-0.2, -0.15) is 15.8 Å². The van der Waals surface area contributed by atoms with Gasteiger partial charge in [0, 0.05) is 5.92 Å². The molecule has 0 fully saturated rings. The van der Waals surface area contributed by atoms with Crippen LogP contribution in [0.5, 0.6) is 5.75 Å². The van der Waals surface area contributed by atoms with Gasteiger partial charge in [0.25, 0.3) is 5.91 Å². The Hall–Kier alpha value is -3.76. The molecule has 0 radical (unpaired) electrons. The smallest absolute Gasteiger partial charge is 0.255 e. The molecule has 1 amide bonds. The molecule has 0 unspecified atom stereocenters. The van der Waals surface area contributed by atoms with Crippen molar-refractivity contribution in [1.29, 1.82) is 15.8 Å². The number of primary amides is 1. The van der Waals surface area contributed by atoms with E-state index in [1.54, 1.807) is 24.3 Å². The molecule has 0 saturated carbocycles. The van der Waals surface area contributed by atoms with Crippen LogP contribution in [-0.2, 0) is 4.79 Å². The van der Waals surface area contributed by atoms with Crippen molar-refractivity contribution in [2.45, 2.75) is 39.5 Å². The Kier molecular flexibility index (Phi) is 6.02. The van der Waals surface area contributed by atoms with Gasteiger partial charge in [-0.05, 0) is 53.4 Å². The first-order valence-corrected chi connectivity index (χ1v) is 10.5. The molecule has 4 N–H and O–H groups in total. The Labute approximate surface area is 188 Å². The average molecular weight is 430 g/mol. The number of nitriles is 3. The number of hydrogen-bond acceptors (Lipinski definition) is 6. The minimum Gasteiger partial charge on any atom is -0.484 e. The Bertz CT molecular complexity index is 1090. The van der Waals surface area contributed by atoms with E-state index < -0.39 is 17.2 Å². The van der Waals surface area contributed by atoms with Gasteiger partial charge < -0.3 is 16.2 Å². The van der Waals surface area contributed by atoms with Crippen molar-refractivity contribution in [3.8, 4) is 24.0 Å². The van der Waals surface area contributed by atoms with Crippen molar-refractivity contribution < 1.29 is 9.53 Å². The largest absolute Gasteiger partial charge is 0.484 e. The number of carbonyl (C=O) groups is 1. The lowest BCUT2D eigenvalue weighted by atomic mass is 9.54. The van der Waals surface area contributed by atoms with Crippen LogP contribution in [0, 0.1) is 56.7 Å². The third-order valence-electron chi connectivity index (χ3n) is 6.72. The molecule has 7 heteroatoms. The van der Waals surface area contributed by atoms with Crippen molar-refractivity contribution >= 4 is 5.91 Å². The van der Waals surface area contributed by atoms with Gasteiger partial charge in [0.05, 0.1) is 23.4 Å². The summed E-state index contributed by atoms with van der Waals surface area (Å²) >= 11 is 0. The number of nitrogens with zero attached hydrogens (tertiary/aromatic N) is 3. The molecule has 0 aliphatic heterocycles. The highest BCUT2D eigenvalue weighted by atomic mass is 16.5. The molecule has 1 aromatic carbocycles. The van der Waals surface area contributed by atoms with Gasteiger partial charge in [-0.3, -0.25) is 4.79 Å². The Morgan fingerprint density at radius 3 is 2.31 bits per heavy atom. The number of carbonyl (C=O) groups excluding carboxylic acids is 1. The number of ether oxygens (including phenoxy) is 1. The van der Waals surface area contributed by atoms with Crippen molar-refractivity contribution in [3.63, 3.8) is 0 Å². The lowest BCUT2D eigenvalue weighted by molar-refractivity contribution is -0.119. The highest BCUT2D eigenvalue weighted by molar-refractivity contribution is 5.75. The topological polar surface area (TPSA) is 150 Å². The number of benzene rings is 1. The number of rotatable bonds is 4. The molecule has 2 aliphatic carbocycles. The van der Waals surface area contributed by atoms with Crippen molar-refractivity contribution in [1.82, 2.24) is 0 Å². The molecule has 0 saturated heterocycles. The lowest BCUT2D eigenvalue weighted by Gasteiger charge is -2.47. The molecule has 7 nitrogen and oxygen atoms in total. The fraction of sp³-hybridized carbons (Fsp3) is 0.440. The number of nitrogens with two attached hydrogens (primary N) is 2. The molecule has 2 aliphatic rings. The zero-order valence-corrected chi connectivity index (χ0v) is 18.6. The third kappa shape index (κ3) is 3.81. The summed E-state index contributed by atoms with van der Waals surface area (Å²) in [4.78, 5) is 11.0. The fourth-order valence-corrected chi connectivity index (χ4v) is 4.90. The monoisotopic (exact) mass is 429 g/mol. The average Bonchev–Trinajstić information content (AvgIpc) is 2.76. The van der Waals surface area contributed by atoms with Crippen LogP contribution < -0.4 is 16.2 Å². The first-order valence-electron chi connectivity index (χ1n) is 10.5. The van der Waals surface area contributed by atoms with Crippen LogP contribution in [0.15, 0.2) is 47.2 Å². The van der Waals surface area contributed by atoms with E-state index >= 15 is 0 Å². The van der Waals surface area contributed by atoms with Gasteiger partial charge in [0.2, 0.25) is 0 Å². The van der Waals surface area contributed by atoms with E-state index in [1.165, 1.54) is 0 Å². The summed E-state index contributed by atoms with van der Waals surface area (Å²) in [6, 6.07) is 13.4. The maximum atomic E-state index is 11.0.